The highest BCUT2D eigenvalue weighted by Crippen LogP contribution is 2.38. The van der Waals surface area contributed by atoms with Gasteiger partial charge in [0.15, 0.2) is 0 Å². The Kier molecular flexibility index (Phi) is 14.0. The molecule has 8 aromatic rings. The third-order valence-electron chi connectivity index (χ3n) is 12.2. The fourth-order valence-electron chi connectivity index (χ4n) is 8.50. The van der Waals surface area contributed by atoms with Crippen LogP contribution < -0.4 is 25.2 Å². The van der Waals surface area contributed by atoms with Crippen molar-refractivity contribution in [2.24, 2.45) is 0 Å². The van der Waals surface area contributed by atoms with E-state index in [0.717, 1.165) is 130 Å². The van der Waals surface area contributed by atoms with Gasteiger partial charge in [0.1, 0.15) is 15.8 Å². The summed E-state index contributed by atoms with van der Waals surface area (Å²) in [6.45, 7) is 6.94. The van der Waals surface area contributed by atoms with Gasteiger partial charge >= 0.3 is 0 Å². The van der Waals surface area contributed by atoms with E-state index < -0.39 is 0 Å². The largest absolute Gasteiger partial charge is 0.497 e. The minimum Gasteiger partial charge on any atom is -0.497 e. The zero-order valence-electron chi connectivity index (χ0n) is 38.1. The lowest BCUT2D eigenvalue weighted by Gasteiger charge is -2.28. The standard InChI is InChI=1S/C28H23N3O2S.C17H12N2OS.C11H15NO2/c32-27-24(16-19-6-9-22(10-7-19)31-12-14-33-15-13-31)23-17-21(8-11-25(23)29-27)26-18-34-28(30-26)20-4-2-1-3-5-20;20-16-9-13-8-12(6-7-14(13)18-16)15-10-21-17(19-15)11-4-2-1-3-5-11;1-13-11-4-2-10(3-5-11)12-6-8-14-9-7-12/h1-11,16-18H,12-15H2,(H,29,32);1-8,10H,9H2,(H,18,20);2-5H,6-9H2,1H3/b24-16-;;. The number of anilines is 4. The zero-order chi connectivity index (χ0) is 46.9. The van der Waals surface area contributed by atoms with E-state index in [-0.39, 0.29) is 11.8 Å². The summed E-state index contributed by atoms with van der Waals surface area (Å²) in [5.41, 5.74) is 14.0. The first-order valence-electron chi connectivity index (χ1n) is 23.0. The molecule has 6 heterocycles. The van der Waals surface area contributed by atoms with Crippen molar-refractivity contribution in [1.82, 2.24) is 9.97 Å². The second-order valence-corrected chi connectivity index (χ2v) is 18.4. The molecule has 2 amide bonds. The molecular weight excluding hydrogens is 901 g/mol. The highest BCUT2D eigenvalue weighted by Gasteiger charge is 2.25. The summed E-state index contributed by atoms with van der Waals surface area (Å²) < 4.78 is 15.9. The van der Waals surface area contributed by atoms with E-state index in [4.69, 9.17) is 24.2 Å². The van der Waals surface area contributed by atoms with Gasteiger partial charge in [-0.2, -0.15) is 0 Å². The maximum atomic E-state index is 12.8. The molecule has 6 aromatic carbocycles. The van der Waals surface area contributed by atoms with Crippen LogP contribution >= 0.6 is 22.7 Å². The number of nitrogens with one attached hydrogen (secondary N) is 2. The van der Waals surface area contributed by atoms with Gasteiger partial charge in [-0.25, -0.2) is 9.97 Å². The van der Waals surface area contributed by atoms with Gasteiger partial charge in [0.05, 0.1) is 51.3 Å². The number of aromatic nitrogens is 2. The van der Waals surface area contributed by atoms with Crippen molar-refractivity contribution in [2.45, 2.75) is 6.42 Å². The van der Waals surface area contributed by atoms with Crippen LogP contribution in [0, 0.1) is 0 Å². The van der Waals surface area contributed by atoms with E-state index in [0.29, 0.717) is 12.0 Å². The number of hydrogen-bond acceptors (Lipinski definition) is 11. The van der Waals surface area contributed by atoms with Crippen LogP contribution in [0.2, 0.25) is 0 Å². The number of thiazole rings is 2. The Balaban J connectivity index is 0.000000134. The number of fused-ring (bicyclic) bond motifs is 2. The molecule has 69 heavy (non-hydrogen) atoms. The molecule has 12 rings (SSSR count). The van der Waals surface area contributed by atoms with Gasteiger partial charge in [0.2, 0.25) is 5.91 Å². The molecule has 2 fully saturated rings. The molecule has 346 valence electrons. The van der Waals surface area contributed by atoms with Gasteiger partial charge < -0.3 is 34.6 Å². The fraction of sp³-hybridized carbons (Fsp3) is 0.179. The van der Waals surface area contributed by atoms with Crippen LogP contribution in [0.15, 0.2) is 156 Å². The molecular formula is C56H50N6O5S2. The molecule has 0 atom stereocenters. The van der Waals surface area contributed by atoms with Gasteiger partial charge in [-0.3, -0.25) is 9.59 Å². The number of morpholine rings is 2. The minimum absolute atomic E-state index is 0.0606. The Morgan fingerprint density at radius 2 is 1.10 bits per heavy atom. The van der Waals surface area contributed by atoms with E-state index in [2.05, 4.69) is 104 Å². The number of methoxy groups -OCH3 is 1. The minimum atomic E-state index is -0.0762. The number of amides is 2. The predicted octanol–water partition coefficient (Wildman–Crippen LogP) is 11.3. The smallest absolute Gasteiger partial charge is 0.256 e. The monoisotopic (exact) mass is 950 g/mol. The van der Waals surface area contributed by atoms with E-state index >= 15 is 0 Å². The van der Waals surface area contributed by atoms with Crippen molar-refractivity contribution in [3.8, 4) is 49.4 Å². The SMILES string of the molecule is COc1ccc(N2CCOCC2)cc1.O=C1Cc2cc(-c3csc(-c4ccccc4)n3)ccc2N1.O=C1Nc2ccc(-c3csc(-c4ccccc4)n3)cc2/C1=C/c1ccc(N2CCOCC2)cc1. The number of nitrogens with zero attached hydrogens (tertiary/aromatic N) is 4. The summed E-state index contributed by atoms with van der Waals surface area (Å²) >= 11 is 3.27. The number of ether oxygens (including phenoxy) is 3. The molecule has 0 radical (unpaired) electrons. The topological polar surface area (TPSA) is 118 Å². The normalized spacial score (nSPS) is 15.5. The Morgan fingerprint density at radius 3 is 1.65 bits per heavy atom. The first-order valence-corrected chi connectivity index (χ1v) is 24.7. The van der Waals surface area contributed by atoms with Gasteiger partial charge in [-0.15, -0.1) is 22.7 Å². The summed E-state index contributed by atoms with van der Waals surface area (Å²) in [5.74, 6) is 0.889. The van der Waals surface area contributed by atoms with Crippen LogP contribution in [-0.4, -0.2) is 81.5 Å². The van der Waals surface area contributed by atoms with Gasteiger partial charge in [0.25, 0.3) is 5.91 Å². The van der Waals surface area contributed by atoms with E-state index in [1.807, 2.05) is 78.9 Å². The lowest BCUT2D eigenvalue weighted by atomic mass is 10.0. The molecule has 2 N–H and O–H groups in total. The maximum Gasteiger partial charge on any atom is 0.256 e. The van der Waals surface area contributed by atoms with Crippen LogP contribution in [-0.2, 0) is 25.5 Å². The van der Waals surface area contributed by atoms with E-state index in [1.54, 1.807) is 29.8 Å². The number of hydrogen-bond donors (Lipinski definition) is 2. The maximum absolute atomic E-state index is 12.8. The van der Waals surface area contributed by atoms with Crippen molar-refractivity contribution >= 4 is 68.9 Å². The molecule has 0 unspecified atom stereocenters. The van der Waals surface area contributed by atoms with Crippen LogP contribution in [0.4, 0.5) is 22.7 Å². The zero-order valence-corrected chi connectivity index (χ0v) is 39.7. The highest BCUT2D eigenvalue weighted by molar-refractivity contribution is 7.13. The second kappa shape index (κ2) is 21.3. The van der Waals surface area contributed by atoms with Gasteiger partial charge in [-0.1, -0.05) is 84.9 Å². The average molecular weight is 951 g/mol. The summed E-state index contributed by atoms with van der Waals surface area (Å²) in [6, 6.07) is 48.9. The summed E-state index contributed by atoms with van der Waals surface area (Å²) in [4.78, 5) is 38.4. The fourth-order valence-corrected chi connectivity index (χ4v) is 10.2. The molecule has 0 saturated carbocycles. The quantitative estimate of drug-likeness (QED) is 0.144. The summed E-state index contributed by atoms with van der Waals surface area (Å²) in [6.07, 6.45) is 2.42. The first kappa shape index (κ1) is 45.4. The number of carbonyl (C=O) groups is 2. The van der Waals surface area contributed by atoms with Gasteiger partial charge in [0, 0.05) is 93.1 Å². The van der Waals surface area contributed by atoms with Crippen LogP contribution in [0.1, 0.15) is 16.7 Å². The Hall–Kier alpha value is -7.42. The van der Waals surface area contributed by atoms with Crippen LogP contribution in [0.5, 0.6) is 5.75 Å². The third kappa shape index (κ3) is 10.8. The average Bonchev–Trinajstić information content (AvgIpc) is 4.25. The molecule has 13 heteroatoms. The number of carbonyl (C=O) groups excluding carboxylic acids is 2. The molecule has 0 aliphatic carbocycles. The molecule has 4 aliphatic rings. The Labute approximate surface area is 409 Å². The molecule has 4 aliphatic heterocycles. The highest BCUT2D eigenvalue weighted by atomic mass is 32.1. The number of rotatable bonds is 8. The van der Waals surface area contributed by atoms with Crippen molar-refractivity contribution in [1.29, 1.82) is 0 Å². The van der Waals surface area contributed by atoms with Crippen molar-refractivity contribution in [2.75, 3.05) is 80.1 Å². The predicted molar refractivity (Wildman–Crippen MR) is 280 cm³/mol. The van der Waals surface area contributed by atoms with Crippen molar-refractivity contribution in [3.05, 3.63) is 173 Å². The van der Waals surface area contributed by atoms with Crippen LogP contribution in [0.25, 0.3) is 55.3 Å². The van der Waals surface area contributed by atoms with Gasteiger partial charge in [-0.05, 0) is 77.9 Å². The Bertz CT molecular complexity index is 3070. The Morgan fingerprint density at radius 1 is 0.580 bits per heavy atom. The molecule has 0 spiro atoms. The molecule has 11 nitrogen and oxygen atoms in total. The summed E-state index contributed by atoms with van der Waals surface area (Å²) in [5, 5.41) is 12.0. The van der Waals surface area contributed by atoms with E-state index in [1.165, 1.54) is 11.4 Å². The van der Waals surface area contributed by atoms with E-state index in [9.17, 15) is 9.59 Å². The molecule has 0 bridgehead atoms. The third-order valence-corrected chi connectivity index (χ3v) is 14.0. The van der Waals surface area contributed by atoms with Crippen molar-refractivity contribution in [3.63, 3.8) is 0 Å². The molecule has 2 saturated heterocycles. The second-order valence-electron chi connectivity index (χ2n) is 16.7. The molecule has 2 aromatic heterocycles. The first-order chi connectivity index (χ1) is 33.9. The lowest BCUT2D eigenvalue weighted by Crippen LogP contribution is -2.36. The van der Waals surface area contributed by atoms with Crippen LogP contribution in [0.3, 0.4) is 0 Å². The van der Waals surface area contributed by atoms with Crippen molar-refractivity contribution < 1.29 is 23.8 Å². The number of benzene rings is 6. The summed E-state index contributed by atoms with van der Waals surface area (Å²) in [7, 11) is 1.68. The lowest BCUT2D eigenvalue weighted by molar-refractivity contribution is -0.115.